The predicted octanol–water partition coefficient (Wildman–Crippen LogP) is 4.71. The first-order valence-electron chi connectivity index (χ1n) is 16.8. The second-order valence-electron chi connectivity index (χ2n) is 13.0. The fourth-order valence-corrected chi connectivity index (χ4v) is 5.50. The van der Waals surface area contributed by atoms with E-state index >= 15 is 0 Å². The first-order chi connectivity index (χ1) is 23.8. The van der Waals surface area contributed by atoms with Gasteiger partial charge in [-0.2, -0.15) is 0 Å². The first-order valence-corrected chi connectivity index (χ1v) is 17.1. The molecule has 50 heavy (non-hydrogen) atoms. The fraction of sp³-hybridized carbons (Fsp3) is 0.500. The lowest BCUT2D eigenvalue weighted by atomic mass is 9.84. The van der Waals surface area contributed by atoms with Crippen molar-refractivity contribution in [3.05, 3.63) is 64.7 Å². The Kier molecular flexibility index (Phi) is 15.7. The van der Waals surface area contributed by atoms with Crippen molar-refractivity contribution < 1.29 is 43.0 Å². The van der Waals surface area contributed by atoms with E-state index in [1.165, 1.54) is 18.2 Å². The van der Waals surface area contributed by atoms with Crippen LogP contribution < -0.4 is 21.3 Å². The van der Waals surface area contributed by atoms with Crippen molar-refractivity contribution in [2.75, 3.05) is 25.1 Å². The SMILES string of the molecule is CCOC(=O)CNC(=O)C(=O)C(COCc1ccccc1)NC(=O)[C@H](CC1CCCCC1)NC(=O)c1ccc(Cl)c(NC(=O)OC(C)(C)C)c1. The van der Waals surface area contributed by atoms with Crippen molar-refractivity contribution in [1.82, 2.24) is 16.0 Å². The Morgan fingerprint density at radius 2 is 1.62 bits per heavy atom. The molecule has 0 bridgehead atoms. The molecule has 1 aliphatic carbocycles. The summed E-state index contributed by atoms with van der Waals surface area (Å²) in [6.07, 6.45) is 4.30. The smallest absolute Gasteiger partial charge is 0.412 e. The number of halogens is 1. The van der Waals surface area contributed by atoms with Crippen molar-refractivity contribution in [1.29, 1.82) is 0 Å². The summed E-state index contributed by atoms with van der Waals surface area (Å²) in [6.45, 7) is 6.04. The van der Waals surface area contributed by atoms with E-state index in [2.05, 4.69) is 21.3 Å². The van der Waals surface area contributed by atoms with Gasteiger partial charge in [0.25, 0.3) is 11.8 Å². The van der Waals surface area contributed by atoms with Crippen LogP contribution in [-0.2, 0) is 40.0 Å². The summed E-state index contributed by atoms with van der Waals surface area (Å²) in [6, 6.07) is 10.9. The molecule has 13 nitrogen and oxygen atoms in total. The predicted molar refractivity (Wildman–Crippen MR) is 186 cm³/mol. The van der Waals surface area contributed by atoms with Gasteiger partial charge in [0, 0.05) is 5.56 Å². The number of carbonyl (C=O) groups is 6. The molecule has 14 heteroatoms. The van der Waals surface area contributed by atoms with Gasteiger partial charge in [0.2, 0.25) is 11.7 Å². The number of hydrogen-bond donors (Lipinski definition) is 4. The van der Waals surface area contributed by atoms with E-state index in [4.69, 9.17) is 25.8 Å². The Bertz CT molecular complexity index is 1490. The summed E-state index contributed by atoms with van der Waals surface area (Å²) in [5.74, 6) is -4.05. The third kappa shape index (κ3) is 13.8. The molecular weight excluding hydrogens is 668 g/mol. The molecule has 0 spiro atoms. The van der Waals surface area contributed by atoms with E-state index in [1.54, 1.807) is 27.7 Å². The zero-order chi connectivity index (χ0) is 36.7. The molecule has 272 valence electrons. The molecule has 1 aliphatic rings. The van der Waals surface area contributed by atoms with Crippen molar-refractivity contribution in [2.24, 2.45) is 5.92 Å². The topological polar surface area (TPSA) is 178 Å². The number of esters is 1. The molecule has 4 amide bonds. The zero-order valence-electron chi connectivity index (χ0n) is 29.0. The molecule has 2 aromatic rings. The van der Waals surface area contributed by atoms with Crippen molar-refractivity contribution in [3.8, 4) is 0 Å². The number of Topliss-reactive ketones (excluding diaryl/α,β-unsaturated/α-hetero) is 1. The maximum Gasteiger partial charge on any atom is 0.412 e. The number of anilines is 1. The second kappa shape index (κ2) is 19.6. The Morgan fingerprint density at radius 3 is 2.28 bits per heavy atom. The maximum atomic E-state index is 13.9. The minimum Gasteiger partial charge on any atom is -0.465 e. The van der Waals surface area contributed by atoms with Gasteiger partial charge < -0.3 is 30.2 Å². The van der Waals surface area contributed by atoms with Crippen LogP contribution in [0.4, 0.5) is 10.5 Å². The highest BCUT2D eigenvalue weighted by Gasteiger charge is 2.33. The lowest BCUT2D eigenvalue weighted by Gasteiger charge is -2.28. The van der Waals surface area contributed by atoms with Gasteiger partial charge >= 0.3 is 12.1 Å². The number of benzene rings is 2. The molecule has 0 heterocycles. The molecule has 1 unspecified atom stereocenters. The standard InChI is InChI=1S/C36H47ClN4O9/c1-5-49-30(42)20-38-34(46)31(43)29(22-48-21-24-14-10-7-11-15-24)40-33(45)28(18-23-12-8-6-9-13-23)39-32(44)25-16-17-26(37)27(19-25)41-35(47)50-36(2,3)4/h7,10-11,14-17,19,23,28-29H,5-6,8-9,12-13,18,20-22H2,1-4H3,(H,38,46)(H,39,44)(H,40,45)(H,41,47)/t28-,29?/m0/s1. The van der Waals surface area contributed by atoms with Crippen LogP contribution in [0.25, 0.3) is 0 Å². The normalized spacial score (nSPS) is 14.4. The highest BCUT2D eigenvalue weighted by Crippen LogP contribution is 2.28. The summed E-state index contributed by atoms with van der Waals surface area (Å²) in [4.78, 5) is 77.7. The fourth-order valence-electron chi connectivity index (χ4n) is 5.34. The molecule has 4 N–H and O–H groups in total. The van der Waals surface area contributed by atoms with Gasteiger partial charge in [-0.1, -0.05) is 74.0 Å². The van der Waals surface area contributed by atoms with Crippen LogP contribution in [0.3, 0.4) is 0 Å². The Labute approximate surface area is 297 Å². The lowest BCUT2D eigenvalue weighted by Crippen LogP contribution is -2.56. The third-order valence-electron chi connectivity index (χ3n) is 7.73. The number of ketones is 1. The van der Waals surface area contributed by atoms with Crippen LogP contribution in [0.2, 0.25) is 5.02 Å². The minimum atomic E-state index is -1.43. The number of hydrogen-bond acceptors (Lipinski definition) is 9. The monoisotopic (exact) mass is 714 g/mol. The summed E-state index contributed by atoms with van der Waals surface area (Å²) in [5.41, 5.74) is 0.289. The maximum absolute atomic E-state index is 13.9. The van der Waals surface area contributed by atoms with Crippen molar-refractivity contribution in [3.63, 3.8) is 0 Å². The van der Waals surface area contributed by atoms with Crippen molar-refractivity contribution in [2.45, 2.75) is 90.5 Å². The molecule has 1 saturated carbocycles. The van der Waals surface area contributed by atoms with Crippen LogP contribution in [0.5, 0.6) is 0 Å². The van der Waals surface area contributed by atoms with Gasteiger partial charge in [-0.05, 0) is 63.8 Å². The van der Waals surface area contributed by atoms with E-state index in [0.717, 1.165) is 37.7 Å². The molecule has 1 fully saturated rings. The van der Waals surface area contributed by atoms with E-state index in [9.17, 15) is 28.8 Å². The number of carbonyl (C=O) groups excluding carboxylic acids is 6. The Hall–Kier alpha value is -4.49. The quantitative estimate of drug-likeness (QED) is 0.142. The van der Waals surface area contributed by atoms with Gasteiger partial charge in [-0.25, -0.2) is 4.79 Å². The second-order valence-corrected chi connectivity index (χ2v) is 13.4. The van der Waals surface area contributed by atoms with E-state index in [-0.39, 0.29) is 48.4 Å². The third-order valence-corrected chi connectivity index (χ3v) is 8.06. The van der Waals surface area contributed by atoms with Gasteiger partial charge in [0.15, 0.2) is 0 Å². The highest BCUT2D eigenvalue weighted by atomic mass is 35.5. The first kappa shape index (κ1) is 39.9. The summed E-state index contributed by atoms with van der Waals surface area (Å²) in [5, 5.41) is 10.3. The molecule has 3 rings (SSSR count). The number of amides is 4. The average Bonchev–Trinajstić information content (AvgIpc) is 3.07. The number of rotatable bonds is 16. The van der Waals surface area contributed by atoms with Crippen LogP contribution >= 0.6 is 11.6 Å². The highest BCUT2D eigenvalue weighted by molar-refractivity contribution is 6.38. The number of ether oxygens (including phenoxy) is 3. The van der Waals surface area contributed by atoms with E-state index in [0.29, 0.717) is 0 Å². The number of nitrogens with one attached hydrogen (secondary N) is 4. The van der Waals surface area contributed by atoms with Gasteiger partial charge in [0.05, 0.1) is 30.5 Å². The van der Waals surface area contributed by atoms with E-state index < -0.39 is 59.8 Å². The van der Waals surface area contributed by atoms with Crippen LogP contribution in [0.15, 0.2) is 48.5 Å². The molecular formula is C36H47ClN4O9. The Balaban J connectivity index is 1.80. The zero-order valence-corrected chi connectivity index (χ0v) is 29.7. The molecule has 0 aromatic heterocycles. The van der Waals surface area contributed by atoms with Gasteiger partial charge in [-0.3, -0.25) is 29.3 Å². The van der Waals surface area contributed by atoms with Crippen LogP contribution in [0, 0.1) is 5.92 Å². The summed E-state index contributed by atoms with van der Waals surface area (Å²) >= 11 is 6.28. The van der Waals surface area contributed by atoms with Gasteiger partial charge in [0.1, 0.15) is 24.2 Å². The summed E-state index contributed by atoms with van der Waals surface area (Å²) in [7, 11) is 0. The average molecular weight is 715 g/mol. The molecule has 0 saturated heterocycles. The lowest BCUT2D eigenvalue weighted by molar-refractivity contribution is -0.146. The van der Waals surface area contributed by atoms with E-state index in [1.807, 2.05) is 30.3 Å². The van der Waals surface area contributed by atoms with Crippen molar-refractivity contribution >= 4 is 52.9 Å². The molecule has 0 radical (unpaired) electrons. The molecule has 2 atom stereocenters. The largest absolute Gasteiger partial charge is 0.465 e. The molecule has 0 aliphatic heterocycles. The molecule has 2 aromatic carbocycles. The van der Waals surface area contributed by atoms with Crippen LogP contribution in [0.1, 0.15) is 82.1 Å². The minimum absolute atomic E-state index is 0.0976. The summed E-state index contributed by atoms with van der Waals surface area (Å²) < 4.78 is 15.8. The Morgan fingerprint density at radius 1 is 0.920 bits per heavy atom. The van der Waals surface area contributed by atoms with Crippen LogP contribution in [-0.4, -0.2) is 73.0 Å². The van der Waals surface area contributed by atoms with Gasteiger partial charge in [-0.15, -0.1) is 0 Å².